The molecule has 0 fully saturated rings. The van der Waals surface area contributed by atoms with Crippen LogP contribution < -0.4 is 10.0 Å². The maximum absolute atomic E-state index is 13.5. The molecular formula is C13H15F2N3O2S. The van der Waals surface area contributed by atoms with Crippen LogP contribution in [-0.4, -0.2) is 19.9 Å². The Morgan fingerprint density at radius 3 is 2.67 bits per heavy atom. The molecule has 0 radical (unpaired) electrons. The highest BCUT2D eigenvalue weighted by Gasteiger charge is 2.18. The fraction of sp³-hybridized carbons (Fsp3) is 0.231. The second-order valence-corrected chi connectivity index (χ2v) is 6.05. The van der Waals surface area contributed by atoms with Gasteiger partial charge in [0.2, 0.25) is 0 Å². The monoisotopic (exact) mass is 315 g/mol. The largest absolute Gasteiger partial charge is 0.363 e. The van der Waals surface area contributed by atoms with Crippen LogP contribution in [-0.2, 0) is 16.6 Å². The number of rotatable bonds is 6. The Labute approximate surface area is 121 Å². The van der Waals surface area contributed by atoms with Gasteiger partial charge in [-0.2, -0.15) is 0 Å². The zero-order valence-electron chi connectivity index (χ0n) is 11.3. The Balaban J connectivity index is 2.19. The third-order valence-electron chi connectivity index (χ3n) is 2.77. The van der Waals surface area contributed by atoms with E-state index in [0.29, 0.717) is 18.3 Å². The van der Waals surface area contributed by atoms with Gasteiger partial charge in [-0.3, -0.25) is 4.72 Å². The first-order valence-corrected chi connectivity index (χ1v) is 7.76. The van der Waals surface area contributed by atoms with Crippen LogP contribution in [0.4, 0.5) is 14.5 Å². The second kappa shape index (κ2) is 6.23. The molecule has 2 rings (SSSR count). The molecule has 5 nitrogen and oxygen atoms in total. The number of aromatic amines is 1. The topological polar surface area (TPSA) is 74.0 Å². The SMILES string of the molecule is CCNCc1cc(S(=O)(=O)Nc2ccc(F)cc2F)c[nH]1. The molecule has 0 aliphatic heterocycles. The molecule has 0 spiro atoms. The van der Waals surface area contributed by atoms with Crippen molar-refractivity contribution in [2.45, 2.75) is 18.4 Å². The van der Waals surface area contributed by atoms with Crippen molar-refractivity contribution >= 4 is 15.7 Å². The van der Waals surface area contributed by atoms with E-state index in [9.17, 15) is 17.2 Å². The number of anilines is 1. The highest BCUT2D eigenvalue weighted by molar-refractivity contribution is 7.92. The normalized spacial score (nSPS) is 11.6. The minimum absolute atomic E-state index is 0.0147. The first-order chi connectivity index (χ1) is 9.92. The van der Waals surface area contributed by atoms with Crippen LogP contribution >= 0.6 is 0 Å². The van der Waals surface area contributed by atoms with Crippen LogP contribution in [0.2, 0.25) is 0 Å². The van der Waals surface area contributed by atoms with Crippen molar-refractivity contribution in [3.63, 3.8) is 0 Å². The van der Waals surface area contributed by atoms with Gasteiger partial charge in [0.05, 0.1) is 5.69 Å². The summed E-state index contributed by atoms with van der Waals surface area (Å²) in [5.74, 6) is -1.74. The van der Waals surface area contributed by atoms with Crippen LogP contribution in [0.1, 0.15) is 12.6 Å². The maximum Gasteiger partial charge on any atom is 0.263 e. The molecule has 1 aromatic heterocycles. The van der Waals surface area contributed by atoms with E-state index in [0.717, 1.165) is 18.7 Å². The smallest absolute Gasteiger partial charge is 0.263 e. The molecule has 0 atom stereocenters. The zero-order valence-corrected chi connectivity index (χ0v) is 12.1. The highest BCUT2D eigenvalue weighted by atomic mass is 32.2. The molecule has 2 aromatic rings. The number of aromatic nitrogens is 1. The summed E-state index contributed by atoms with van der Waals surface area (Å²) in [5.41, 5.74) is 0.391. The van der Waals surface area contributed by atoms with Gasteiger partial charge in [0.25, 0.3) is 10.0 Å². The Kier molecular flexibility index (Phi) is 4.59. The molecule has 3 N–H and O–H groups in total. The van der Waals surface area contributed by atoms with Crippen LogP contribution in [0.25, 0.3) is 0 Å². The molecule has 0 saturated carbocycles. The Morgan fingerprint density at radius 2 is 2.00 bits per heavy atom. The Bertz CT molecular complexity index is 729. The third kappa shape index (κ3) is 3.79. The summed E-state index contributed by atoms with van der Waals surface area (Å²) < 4.78 is 52.6. The molecule has 0 bridgehead atoms. The number of hydrogen-bond acceptors (Lipinski definition) is 3. The number of sulfonamides is 1. The van der Waals surface area contributed by atoms with Gasteiger partial charge in [0.15, 0.2) is 0 Å². The summed E-state index contributed by atoms with van der Waals surface area (Å²) in [6, 6.07) is 4.08. The molecule has 21 heavy (non-hydrogen) atoms. The van der Waals surface area contributed by atoms with Crippen molar-refractivity contribution in [3.8, 4) is 0 Å². The van der Waals surface area contributed by atoms with Gasteiger partial charge in [-0.25, -0.2) is 17.2 Å². The molecular weight excluding hydrogens is 300 g/mol. The molecule has 0 aliphatic carbocycles. The van der Waals surface area contributed by atoms with Crippen molar-refractivity contribution in [1.82, 2.24) is 10.3 Å². The number of benzene rings is 1. The van der Waals surface area contributed by atoms with Crippen molar-refractivity contribution in [2.75, 3.05) is 11.3 Å². The van der Waals surface area contributed by atoms with Crippen LogP contribution in [0.3, 0.4) is 0 Å². The summed E-state index contributed by atoms with van der Waals surface area (Å²) in [4.78, 5) is 2.81. The van der Waals surface area contributed by atoms with E-state index in [2.05, 4.69) is 15.0 Å². The quantitative estimate of drug-likeness (QED) is 0.765. The lowest BCUT2D eigenvalue weighted by molar-refractivity contribution is 0.583. The van der Waals surface area contributed by atoms with E-state index in [1.807, 2.05) is 6.92 Å². The van der Waals surface area contributed by atoms with Gasteiger partial charge in [0.1, 0.15) is 16.5 Å². The van der Waals surface area contributed by atoms with Gasteiger partial charge < -0.3 is 10.3 Å². The Morgan fingerprint density at radius 1 is 1.24 bits per heavy atom. The van der Waals surface area contributed by atoms with Crippen LogP contribution in [0.5, 0.6) is 0 Å². The van der Waals surface area contributed by atoms with Crippen molar-refractivity contribution < 1.29 is 17.2 Å². The molecule has 0 aliphatic rings. The fourth-order valence-corrected chi connectivity index (χ4v) is 2.80. The molecule has 114 valence electrons. The minimum atomic E-state index is -3.92. The highest BCUT2D eigenvalue weighted by Crippen LogP contribution is 2.20. The van der Waals surface area contributed by atoms with Crippen molar-refractivity contribution in [3.05, 3.63) is 47.8 Å². The fourth-order valence-electron chi connectivity index (χ4n) is 1.71. The first-order valence-electron chi connectivity index (χ1n) is 6.28. The minimum Gasteiger partial charge on any atom is -0.363 e. The van der Waals surface area contributed by atoms with Gasteiger partial charge in [-0.05, 0) is 24.7 Å². The average molecular weight is 315 g/mol. The van der Waals surface area contributed by atoms with E-state index < -0.39 is 21.7 Å². The first kappa shape index (κ1) is 15.5. The van der Waals surface area contributed by atoms with Crippen molar-refractivity contribution in [2.24, 2.45) is 0 Å². The predicted octanol–water partition coefficient (Wildman–Crippen LogP) is 2.20. The summed E-state index contributed by atoms with van der Waals surface area (Å²) in [6.07, 6.45) is 1.32. The van der Waals surface area contributed by atoms with Crippen molar-refractivity contribution in [1.29, 1.82) is 0 Å². The summed E-state index contributed by atoms with van der Waals surface area (Å²) in [7, 11) is -3.92. The van der Waals surface area contributed by atoms with Gasteiger partial charge in [-0.1, -0.05) is 6.92 Å². The van der Waals surface area contributed by atoms with Gasteiger partial charge in [-0.15, -0.1) is 0 Å². The van der Waals surface area contributed by atoms with E-state index in [4.69, 9.17) is 0 Å². The van der Waals surface area contributed by atoms with Crippen LogP contribution in [0.15, 0.2) is 35.4 Å². The molecule has 1 heterocycles. The van der Waals surface area contributed by atoms with E-state index in [1.54, 1.807) is 0 Å². The molecule has 8 heteroatoms. The number of H-pyrrole nitrogens is 1. The molecule has 1 aromatic carbocycles. The van der Waals surface area contributed by atoms with E-state index >= 15 is 0 Å². The average Bonchev–Trinajstić information content (AvgIpc) is 2.89. The van der Waals surface area contributed by atoms with Gasteiger partial charge >= 0.3 is 0 Å². The second-order valence-electron chi connectivity index (χ2n) is 4.37. The van der Waals surface area contributed by atoms with E-state index in [-0.39, 0.29) is 10.6 Å². The van der Waals surface area contributed by atoms with Crippen LogP contribution in [0, 0.1) is 11.6 Å². The summed E-state index contributed by atoms with van der Waals surface area (Å²) >= 11 is 0. The number of nitrogens with one attached hydrogen (secondary N) is 3. The summed E-state index contributed by atoms with van der Waals surface area (Å²) in [5, 5.41) is 3.05. The molecule has 0 saturated heterocycles. The standard InChI is InChI=1S/C13H15F2N3O2S/c1-2-16-7-10-6-11(8-17-10)21(19,20)18-13-4-3-9(14)5-12(13)15/h3-6,8,16-18H,2,7H2,1H3. The zero-order chi connectivity index (χ0) is 15.5. The Hall–Kier alpha value is -1.93. The number of halogens is 2. The lowest BCUT2D eigenvalue weighted by Crippen LogP contribution is -2.14. The maximum atomic E-state index is 13.5. The lowest BCUT2D eigenvalue weighted by atomic mass is 10.3. The lowest BCUT2D eigenvalue weighted by Gasteiger charge is -2.07. The number of hydrogen-bond donors (Lipinski definition) is 3. The molecule has 0 amide bonds. The van der Waals surface area contributed by atoms with Gasteiger partial charge in [0, 0.05) is 24.5 Å². The summed E-state index contributed by atoms with van der Waals surface area (Å²) in [6.45, 7) is 3.18. The third-order valence-corrected chi connectivity index (χ3v) is 4.11. The van der Waals surface area contributed by atoms with E-state index in [1.165, 1.54) is 12.3 Å². The predicted molar refractivity (Wildman–Crippen MR) is 75.3 cm³/mol. The molecule has 0 unspecified atom stereocenters.